The van der Waals surface area contributed by atoms with E-state index in [1.807, 2.05) is 24.3 Å². The van der Waals surface area contributed by atoms with Gasteiger partial charge in [0.05, 0.1) is 0 Å². The molecule has 1 N–H and O–H groups in total. The Bertz CT molecular complexity index is 381. The molecule has 0 aromatic heterocycles. The molecule has 0 spiro atoms. The SMILES string of the molecule is CC1(CNC(=O)c2ccc(CCl)cc2)CC1. The van der Waals surface area contributed by atoms with Crippen LogP contribution in [0.3, 0.4) is 0 Å². The number of nitrogens with one attached hydrogen (secondary N) is 1. The fourth-order valence-corrected chi connectivity index (χ4v) is 1.71. The fraction of sp³-hybridized carbons (Fsp3) is 0.462. The van der Waals surface area contributed by atoms with Crippen LogP contribution in [0.2, 0.25) is 0 Å². The normalized spacial score (nSPS) is 16.9. The molecule has 3 heteroatoms. The van der Waals surface area contributed by atoms with Gasteiger partial charge in [-0.1, -0.05) is 19.1 Å². The molecular weight excluding hydrogens is 222 g/mol. The Labute approximate surface area is 101 Å². The molecule has 1 aromatic carbocycles. The van der Waals surface area contributed by atoms with E-state index in [9.17, 15) is 4.79 Å². The highest BCUT2D eigenvalue weighted by molar-refractivity contribution is 6.17. The quantitative estimate of drug-likeness (QED) is 0.802. The van der Waals surface area contributed by atoms with Crippen molar-refractivity contribution in [3.05, 3.63) is 35.4 Å². The molecule has 2 nitrogen and oxygen atoms in total. The second-order valence-corrected chi connectivity index (χ2v) is 5.09. The lowest BCUT2D eigenvalue weighted by atomic mass is 10.1. The van der Waals surface area contributed by atoms with E-state index in [1.54, 1.807) is 0 Å². The van der Waals surface area contributed by atoms with Crippen molar-refractivity contribution < 1.29 is 4.79 Å². The molecule has 0 radical (unpaired) electrons. The van der Waals surface area contributed by atoms with Crippen LogP contribution in [0.5, 0.6) is 0 Å². The van der Waals surface area contributed by atoms with Crippen LogP contribution in [0.1, 0.15) is 35.7 Å². The molecule has 0 aliphatic heterocycles. The minimum Gasteiger partial charge on any atom is -0.351 e. The zero-order valence-electron chi connectivity index (χ0n) is 9.42. The molecule has 2 rings (SSSR count). The van der Waals surface area contributed by atoms with Crippen LogP contribution < -0.4 is 5.32 Å². The number of rotatable bonds is 4. The Morgan fingerprint density at radius 3 is 2.50 bits per heavy atom. The lowest BCUT2D eigenvalue weighted by molar-refractivity contribution is 0.0946. The molecule has 1 aromatic rings. The summed E-state index contributed by atoms with van der Waals surface area (Å²) in [5.41, 5.74) is 2.09. The van der Waals surface area contributed by atoms with Gasteiger partial charge in [0.15, 0.2) is 0 Å². The first-order valence-electron chi connectivity index (χ1n) is 5.56. The van der Waals surface area contributed by atoms with E-state index in [0.717, 1.165) is 12.1 Å². The van der Waals surface area contributed by atoms with Crippen molar-refractivity contribution in [2.75, 3.05) is 6.54 Å². The number of carbonyl (C=O) groups is 1. The van der Waals surface area contributed by atoms with Crippen molar-refractivity contribution in [2.24, 2.45) is 5.41 Å². The summed E-state index contributed by atoms with van der Waals surface area (Å²) in [6.07, 6.45) is 2.44. The van der Waals surface area contributed by atoms with Crippen molar-refractivity contribution in [1.29, 1.82) is 0 Å². The van der Waals surface area contributed by atoms with Crippen LogP contribution >= 0.6 is 11.6 Å². The van der Waals surface area contributed by atoms with Crippen molar-refractivity contribution in [3.8, 4) is 0 Å². The Balaban J connectivity index is 1.92. The van der Waals surface area contributed by atoms with E-state index >= 15 is 0 Å². The van der Waals surface area contributed by atoms with Gasteiger partial charge in [-0.25, -0.2) is 0 Å². The Morgan fingerprint density at radius 1 is 1.38 bits per heavy atom. The highest BCUT2D eigenvalue weighted by Gasteiger charge is 2.37. The van der Waals surface area contributed by atoms with Gasteiger partial charge < -0.3 is 5.32 Å². The van der Waals surface area contributed by atoms with Gasteiger partial charge in [-0.3, -0.25) is 4.79 Å². The molecule has 0 bridgehead atoms. The van der Waals surface area contributed by atoms with Gasteiger partial charge in [0, 0.05) is 18.0 Å². The van der Waals surface area contributed by atoms with Gasteiger partial charge >= 0.3 is 0 Å². The minimum atomic E-state index is 0.00856. The first kappa shape index (κ1) is 11.5. The summed E-state index contributed by atoms with van der Waals surface area (Å²) in [5, 5.41) is 2.97. The first-order chi connectivity index (χ1) is 7.63. The number of hydrogen-bond acceptors (Lipinski definition) is 1. The van der Waals surface area contributed by atoms with Crippen molar-refractivity contribution in [3.63, 3.8) is 0 Å². The summed E-state index contributed by atoms with van der Waals surface area (Å²) in [4.78, 5) is 11.8. The van der Waals surface area contributed by atoms with E-state index < -0.39 is 0 Å². The molecule has 0 saturated heterocycles. The van der Waals surface area contributed by atoms with E-state index in [0.29, 0.717) is 16.9 Å². The van der Waals surface area contributed by atoms with Crippen LogP contribution in [-0.2, 0) is 5.88 Å². The number of hydrogen-bond donors (Lipinski definition) is 1. The molecule has 1 fully saturated rings. The highest BCUT2D eigenvalue weighted by atomic mass is 35.5. The summed E-state index contributed by atoms with van der Waals surface area (Å²) in [6.45, 7) is 2.98. The van der Waals surface area contributed by atoms with Crippen LogP contribution in [0, 0.1) is 5.41 Å². The van der Waals surface area contributed by atoms with Gasteiger partial charge in [-0.05, 0) is 36.0 Å². The molecule has 1 aliphatic carbocycles. The van der Waals surface area contributed by atoms with Gasteiger partial charge in [0.1, 0.15) is 0 Å². The van der Waals surface area contributed by atoms with E-state index in [1.165, 1.54) is 12.8 Å². The lowest BCUT2D eigenvalue weighted by Gasteiger charge is -2.10. The number of carbonyl (C=O) groups excluding carboxylic acids is 1. The predicted molar refractivity (Wildman–Crippen MR) is 65.7 cm³/mol. The topological polar surface area (TPSA) is 29.1 Å². The first-order valence-corrected chi connectivity index (χ1v) is 6.10. The average molecular weight is 238 g/mol. The molecule has 1 saturated carbocycles. The van der Waals surface area contributed by atoms with Gasteiger partial charge in [0.25, 0.3) is 5.91 Å². The summed E-state index contributed by atoms with van der Waals surface area (Å²) in [5.74, 6) is 0.495. The maximum Gasteiger partial charge on any atom is 0.251 e. The van der Waals surface area contributed by atoms with Crippen molar-refractivity contribution in [2.45, 2.75) is 25.6 Å². The predicted octanol–water partition coefficient (Wildman–Crippen LogP) is 2.96. The summed E-state index contributed by atoms with van der Waals surface area (Å²) < 4.78 is 0. The number of benzene rings is 1. The largest absolute Gasteiger partial charge is 0.351 e. The molecule has 0 atom stereocenters. The summed E-state index contributed by atoms with van der Waals surface area (Å²) in [6, 6.07) is 7.42. The molecule has 16 heavy (non-hydrogen) atoms. The maximum absolute atomic E-state index is 11.8. The zero-order chi connectivity index (χ0) is 11.6. The Morgan fingerprint density at radius 2 is 2.00 bits per heavy atom. The summed E-state index contributed by atoms with van der Waals surface area (Å²) in [7, 11) is 0. The second kappa shape index (κ2) is 4.46. The van der Waals surface area contributed by atoms with Crippen LogP contribution in [0.25, 0.3) is 0 Å². The van der Waals surface area contributed by atoms with Gasteiger partial charge in [-0.15, -0.1) is 11.6 Å². The molecule has 1 aliphatic rings. The molecule has 1 amide bonds. The maximum atomic E-state index is 11.8. The van der Waals surface area contributed by atoms with Crippen molar-refractivity contribution in [1.82, 2.24) is 5.32 Å². The Hall–Kier alpha value is -1.02. The molecular formula is C13H16ClNO. The monoisotopic (exact) mass is 237 g/mol. The Kier molecular flexibility index (Phi) is 3.20. The second-order valence-electron chi connectivity index (χ2n) is 4.82. The minimum absolute atomic E-state index is 0.00856. The van der Waals surface area contributed by atoms with Crippen LogP contribution in [-0.4, -0.2) is 12.5 Å². The summed E-state index contributed by atoms with van der Waals surface area (Å²) >= 11 is 5.69. The van der Waals surface area contributed by atoms with Gasteiger partial charge in [-0.2, -0.15) is 0 Å². The van der Waals surface area contributed by atoms with E-state index in [2.05, 4.69) is 12.2 Å². The molecule has 86 valence electrons. The molecule has 0 heterocycles. The van der Waals surface area contributed by atoms with Crippen molar-refractivity contribution >= 4 is 17.5 Å². The highest BCUT2D eigenvalue weighted by Crippen LogP contribution is 2.44. The molecule has 0 unspecified atom stereocenters. The van der Waals surface area contributed by atoms with Gasteiger partial charge in [0.2, 0.25) is 0 Å². The lowest BCUT2D eigenvalue weighted by Crippen LogP contribution is -2.28. The van der Waals surface area contributed by atoms with Crippen LogP contribution in [0.15, 0.2) is 24.3 Å². The van der Waals surface area contributed by atoms with E-state index in [4.69, 9.17) is 11.6 Å². The number of amides is 1. The van der Waals surface area contributed by atoms with Crippen LogP contribution in [0.4, 0.5) is 0 Å². The third kappa shape index (κ3) is 2.76. The number of halogens is 1. The fourth-order valence-electron chi connectivity index (χ4n) is 1.53. The zero-order valence-corrected chi connectivity index (χ0v) is 10.2. The standard InChI is InChI=1S/C13H16ClNO/c1-13(6-7-13)9-15-12(16)11-4-2-10(8-14)3-5-11/h2-5H,6-9H2,1H3,(H,15,16). The third-order valence-corrected chi connectivity index (χ3v) is 3.46. The third-order valence-electron chi connectivity index (χ3n) is 3.15. The average Bonchev–Trinajstić information content (AvgIpc) is 3.05. The van der Waals surface area contributed by atoms with E-state index in [-0.39, 0.29) is 5.91 Å². The smallest absolute Gasteiger partial charge is 0.251 e. The number of alkyl halides is 1.